The van der Waals surface area contributed by atoms with Crippen LogP contribution in [0.2, 0.25) is 0 Å². The molecule has 2 aromatic rings. The van der Waals surface area contributed by atoms with Crippen LogP contribution in [-0.4, -0.2) is 16.1 Å². The van der Waals surface area contributed by atoms with E-state index in [1.807, 2.05) is 0 Å². The number of aliphatic carboxylic acids is 1. The van der Waals surface area contributed by atoms with Gasteiger partial charge in [-0.1, -0.05) is 12.1 Å². The zero-order chi connectivity index (χ0) is 12.3. The minimum atomic E-state index is -0.914. The lowest BCUT2D eigenvalue weighted by Crippen LogP contribution is -2.00. The van der Waals surface area contributed by atoms with Gasteiger partial charge in [0.2, 0.25) is 0 Å². The van der Waals surface area contributed by atoms with Crippen LogP contribution in [0.15, 0.2) is 42.7 Å². The molecule has 3 nitrogen and oxygen atoms in total. The van der Waals surface area contributed by atoms with Crippen LogP contribution >= 0.6 is 0 Å². The topological polar surface area (TPSA) is 50.2 Å². The molecule has 1 aromatic carbocycles. The summed E-state index contributed by atoms with van der Waals surface area (Å²) < 4.78 is 13.0. The average Bonchev–Trinajstić information content (AvgIpc) is 2.28. The number of rotatable bonds is 3. The molecule has 0 bridgehead atoms. The van der Waals surface area contributed by atoms with E-state index >= 15 is 0 Å². The van der Waals surface area contributed by atoms with Gasteiger partial charge in [-0.05, 0) is 29.3 Å². The Balaban J connectivity index is 2.36. The molecule has 0 unspecified atom stereocenters. The van der Waals surface area contributed by atoms with Gasteiger partial charge < -0.3 is 5.11 Å². The molecule has 0 radical (unpaired) electrons. The first-order chi connectivity index (χ1) is 8.15. The van der Waals surface area contributed by atoms with Crippen molar-refractivity contribution in [1.29, 1.82) is 0 Å². The Morgan fingerprint density at radius 3 is 2.76 bits per heavy atom. The number of nitrogens with zero attached hydrogens (tertiary/aromatic N) is 1. The van der Waals surface area contributed by atoms with Crippen LogP contribution in [0, 0.1) is 5.82 Å². The molecule has 0 aliphatic rings. The van der Waals surface area contributed by atoms with Crippen LogP contribution in [-0.2, 0) is 11.2 Å². The number of benzene rings is 1. The molecular formula is C13H10FNO2. The fourth-order valence-corrected chi connectivity index (χ4v) is 1.58. The van der Waals surface area contributed by atoms with Crippen LogP contribution in [0.1, 0.15) is 5.56 Å². The lowest BCUT2D eigenvalue weighted by molar-refractivity contribution is -0.136. The van der Waals surface area contributed by atoms with Crippen LogP contribution < -0.4 is 0 Å². The number of aromatic nitrogens is 1. The van der Waals surface area contributed by atoms with E-state index in [2.05, 4.69) is 4.98 Å². The van der Waals surface area contributed by atoms with E-state index in [0.717, 1.165) is 0 Å². The molecule has 0 aliphatic heterocycles. The Morgan fingerprint density at radius 2 is 2.06 bits per heavy atom. The molecule has 2 rings (SSSR count). The predicted octanol–water partition coefficient (Wildman–Crippen LogP) is 2.51. The molecule has 0 amide bonds. The van der Waals surface area contributed by atoms with Gasteiger partial charge >= 0.3 is 5.97 Å². The Morgan fingerprint density at radius 1 is 1.24 bits per heavy atom. The minimum Gasteiger partial charge on any atom is -0.481 e. The zero-order valence-electron chi connectivity index (χ0n) is 8.93. The van der Waals surface area contributed by atoms with Gasteiger partial charge in [0.25, 0.3) is 0 Å². The number of carboxylic acid groups (broad SMARTS) is 1. The summed E-state index contributed by atoms with van der Waals surface area (Å²) in [7, 11) is 0. The van der Waals surface area contributed by atoms with Crippen LogP contribution in [0.3, 0.4) is 0 Å². The summed E-state index contributed by atoms with van der Waals surface area (Å²) >= 11 is 0. The highest BCUT2D eigenvalue weighted by Gasteiger charge is 2.04. The Labute approximate surface area is 97.6 Å². The number of carboxylic acids is 1. The van der Waals surface area contributed by atoms with E-state index in [0.29, 0.717) is 16.7 Å². The SMILES string of the molecule is O=C(O)Cc1cncc(-c2cccc(F)c2)c1. The number of hydrogen-bond donors (Lipinski definition) is 1. The molecule has 1 heterocycles. The van der Waals surface area contributed by atoms with Gasteiger partial charge in [0.05, 0.1) is 6.42 Å². The average molecular weight is 231 g/mol. The van der Waals surface area contributed by atoms with E-state index in [1.165, 1.54) is 18.3 Å². The van der Waals surface area contributed by atoms with Gasteiger partial charge in [-0.15, -0.1) is 0 Å². The van der Waals surface area contributed by atoms with E-state index in [4.69, 9.17) is 5.11 Å². The highest BCUT2D eigenvalue weighted by Crippen LogP contribution is 2.20. The first-order valence-electron chi connectivity index (χ1n) is 5.07. The molecular weight excluding hydrogens is 221 g/mol. The Hall–Kier alpha value is -2.23. The summed E-state index contributed by atoms with van der Waals surface area (Å²) in [6.07, 6.45) is 2.99. The standard InChI is InChI=1S/C13H10FNO2/c14-12-3-1-2-10(6-12)11-4-9(5-13(16)17)7-15-8-11/h1-4,6-8H,5H2,(H,16,17). The largest absolute Gasteiger partial charge is 0.481 e. The molecule has 1 N–H and O–H groups in total. The third kappa shape index (κ3) is 2.87. The third-order valence-electron chi connectivity index (χ3n) is 2.31. The quantitative estimate of drug-likeness (QED) is 0.883. The second kappa shape index (κ2) is 4.74. The summed E-state index contributed by atoms with van der Waals surface area (Å²) in [5.41, 5.74) is 1.99. The van der Waals surface area contributed by atoms with E-state index in [9.17, 15) is 9.18 Å². The summed E-state index contributed by atoms with van der Waals surface area (Å²) in [5.74, 6) is -1.24. The smallest absolute Gasteiger partial charge is 0.307 e. The maximum absolute atomic E-state index is 13.0. The summed E-state index contributed by atoms with van der Waals surface area (Å²) in [5, 5.41) is 8.68. The van der Waals surface area contributed by atoms with Crippen molar-refractivity contribution in [2.45, 2.75) is 6.42 Å². The van der Waals surface area contributed by atoms with Gasteiger partial charge in [0.15, 0.2) is 0 Å². The molecule has 0 saturated heterocycles. The number of carbonyl (C=O) groups is 1. The Bertz CT molecular complexity index is 555. The van der Waals surface area contributed by atoms with Crippen molar-refractivity contribution in [3.8, 4) is 11.1 Å². The first kappa shape index (κ1) is 11.3. The van der Waals surface area contributed by atoms with Gasteiger partial charge in [0, 0.05) is 18.0 Å². The van der Waals surface area contributed by atoms with Crippen molar-refractivity contribution in [2.75, 3.05) is 0 Å². The first-order valence-corrected chi connectivity index (χ1v) is 5.07. The van der Waals surface area contributed by atoms with Crippen molar-refractivity contribution in [3.63, 3.8) is 0 Å². The lowest BCUT2D eigenvalue weighted by atomic mass is 10.0. The maximum atomic E-state index is 13.0. The number of halogens is 1. The fraction of sp³-hybridized carbons (Fsp3) is 0.0769. The van der Waals surface area contributed by atoms with E-state index in [1.54, 1.807) is 24.4 Å². The summed E-state index contributed by atoms with van der Waals surface area (Å²) in [6.45, 7) is 0. The van der Waals surface area contributed by atoms with E-state index < -0.39 is 5.97 Å². The second-order valence-corrected chi connectivity index (χ2v) is 3.66. The molecule has 0 aliphatic carbocycles. The monoisotopic (exact) mass is 231 g/mol. The number of hydrogen-bond acceptors (Lipinski definition) is 2. The molecule has 0 spiro atoms. The number of pyridine rings is 1. The van der Waals surface area contributed by atoms with Crippen LogP contribution in [0.5, 0.6) is 0 Å². The van der Waals surface area contributed by atoms with Crippen LogP contribution in [0.4, 0.5) is 4.39 Å². The minimum absolute atomic E-state index is 0.0871. The van der Waals surface area contributed by atoms with Crippen molar-refractivity contribution >= 4 is 5.97 Å². The molecule has 0 atom stereocenters. The zero-order valence-corrected chi connectivity index (χ0v) is 8.93. The van der Waals surface area contributed by atoms with Crippen molar-refractivity contribution in [3.05, 3.63) is 54.1 Å². The van der Waals surface area contributed by atoms with Crippen molar-refractivity contribution in [2.24, 2.45) is 0 Å². The maximum Gasteiger partial charge on any atom is 0.307 e. The molecule has 1 aromatic heterocycles. The summed E-state index contributed by atoms with van der Waals surface area (Å²) in [6, 6.07) is 7.81. The van der Waals surface area contributed by atoms with Gasteiger partial charge in [-0.25, -0.2) is 4.39 Å². The molecule has 17 heavy (non-hydrogen) atoms. The van der Waals surface area contributed by atoms with Crippen molar-refractivity contribution in [1.82, 2.24) is 4.98 Å². The molecule has 4 heteroatoms. The lowest BCUT2D eigenvalue weighted by Gasteiger charge is -2.03. The highest BCUT2D eigenvalue weighted by molar-refractivity contribution is 5.71. The second-order valence-electron chi connectivity index (χ2n) is 3.66. The van der Waals surface area contributed by atoms with Gasteiger partial charge in [-0.2, -0.15) is 0 Å². The predicted molar refractivity (Wildman–Crippen MR) is 61.0 cm³/mol. The highest BCUT2D eigenvalue weighted by atomic mass is 19.1. The fourth-order valence-electron chi connectivity index (χ4n) is 1.58. The van der Waals surface area contributed by atoms with Crippen molar-refractivity contribution < 1.29 is 14.3 Å². The summed E-state index contributed by atoms with van der Waals surface area (Å²) in [4.78, 5) is 14.5. The van der Waals surface area contributed by atoms with Gasteiger partial charge in [-0.3, -0.25) is 9.78 Å². The molecule has 0 fully saturated rings. The van der Waals surface area contributed by atoms with Gasteiger partial charge in [0.1, 0.15) is 5.82 Å². The molecule has 86 valence electrons. The van der Waals surface area contributed by atoms with Crippen LogP contribution in [0.25, 0.3) is 11.1 Å². The Kier molecular flexibility index (Phi) is 3.14. The third-order valence-corrected chi connectivity index (χ3v) is 2.31. The molecule has 0 saturated carbocycles. The van der Waals surface area contributed by atoms with E-state index in [-0.39, 0.29) is 12.2 Å². The normalized spacial score (nSPS) is 10.2.